The molecule has 0 aromatic heterocycles. The molecule has 0 amide bonds. The molecule has 0 saturated carbocycles. The van der Waals surface area contributed by atoms with Crippen molar-refractivity contribution < 1.29 is 4.65 Å². The van der Waals surface area contributed by atoms with Gasteiger partial charge < -0.3 is 4.65 Å². The van der Waals surface area contributed by atoms with Gasteiger partial charge in [-0.2, -0.15) is 0 Å². The Morgan fingerprint density at radius 3 is 2.32 bits per heavy atom. The van der Waals surface area contributed by atoms with Gasteiger partial charge in [-0.1, -0.05) is 71.5 Å². The van der Waals surface area contributed by atoms with Crippen LogP contribution in [0.2, 0.25) is 30.9 Å². The predicted molar refractivity (Wildman–Crippen MR) is 101 cm³/mol. The Kier molecular flexibility index (Phi) is 6.65. The molecule has 2 aliphatic heterocycles. The summed E-state index contributed by atoms with van der Waals surface area (Å²) in [6.07, 6.45) is 17.5. The van der Waals surface area contributed by atoms with Crippen molar-refractivity contribution >= 4 is 15.0 Å². The largest absolute Gasteiger partial charge is 0.432 e. The number of hydrogen-bond acceptors (Lipinski definition) is 1. The number of rotatable bonds is 6. The molecule has 0 aromatic carbocycles. The second-order valence-electron chi connectivity index (χ2n) is 8.69. The fraction of sp³-hybridized carbons (Fsp3) is 0.895. The molecule has 2 saturated heterocycles. The minimum absolute atomic E-state index is 0.290. The standard InChI is InChI=1S/C19H35BOSi/c1-6-10-18(11-7-2)21-20-17-14-8-12-16(13-9-15-17)19(20)22(3,4)5/h1,16-19H,7-15H2,2-5H3/t16?,17?,18-,19?/m1/s1. The van der Waals surface area contributed by atoms with Crippen molar-refractivity contribution in [1.82, 2.24) is 0 Å². The van der Waals surface area contributed by atoms with Crippen molar-refractivity contribution in [2.75, 3.05) is 0 Å². The van der Waals surface area contributed by atoms with E-state index < -0.39 is 8.07 Å². The van der Waals surface area contributed by atoms with Gasteiger partial charge in [-0.3, -0.25) is 0 Å². The second kappa shape index (κ2) is 8.07. The first-order valence-electron chi connectivity index (χ1n) is 9.56. The molecule has 0 N–H and O–H groups in total. The van der Waals surface area contributed by atoms with Crippen molar-refractivity contribution in [3.8, 4) is 12.3 Å². The molecule has 2 atom stereocenters. The van der Waals surface area contributed by atoms with E-state index in [9.17, 15) is 0 Å². The monoisotopic (exact) mass is 318 g/mol. The van der Waals surface area contributed by atoms with Crippen LogP contribution in [0.25, 0.3) is 0 Å². The third-order valence-electron chi connectivity index (χ3n) is 5.93. The Morgan fingerprint density at radius 2 is 1.82 bits per heavy atom. The summed E-state index contributed by atoms with van der Waals surface area (Å²) in [6, 6.07) is 0. The van der Waals surface area contributed by atoms with E-state index in [1.165, 1.54) is 44.9 Å². The minimum atomic E-state index is -1.23. The first kappa shape index (κ1) is 18.1. The summed E-state index contributed by atoms with van der Waals surface area (Å²) in [5, 5.41) is 0. The maximum absolute atomic E-state index is 6.80. The molecule has 2 heterocycles. The molecule has 1 nitrogen and oxygen atoms in total. The lowest BCUT2D eigenvalue weighted by Crippen LogP contribution is -2.46. The summed E-state index contributed by atoms with van der Waals surface area (Å²) in [5.74, 6) is 4.56. The van der Waals surface area contributed by atoms with Crippen LogP contribution in [0, 0.1) is 18.3 Å². The Hall–Kier alpha value is -0.198. The quantitative estimate of drug-likeness (QED) is 0.445. The highest BCUT2D eigenvalue weighted by atomic mass is 28.3. The molecule has 0 radical (unpaired) electrons. The highest BCUT2D eigenvalue weighted by Crippen LogP contribution is 2.50. The molecule has 1 unspecified atom stereocenters. The van der Waals surface area contributed by atoms with Crippen molar-refractivity contribution in [1.29, 1.82) is 0 Å². The van der Waals surface area contributed by atoms with Gasteiger partial charge in [-0.05, 0) is 23.6 Å². The number of fused-ring (bicyclic) bond motifs is 3. The van der Waals surface area contributed by atoms with E-state index >= 15 is 0 Å². The van der Waals surface area contributed by atoms with E-state index in [0.717, 1.165) is 30.0 Å². The molecule has 2 rings (SSSR count). The van der Waals surface area contributed by atoms with Gasteiger partial charge in [-0.25, -0.2) is 0 Å². The van der Waals surface area contributed by atoms with Crippen LogP contribution in [0.4, 0.5) is 0 Å². The van der Waals surface area contributed by atoms with Crippen LogP contribution >= 0.6 is 0 Å². The van der Waals surface area contributed by atoms with Crippen LogP contribution < -0.4 is 0 Å². The third-order valence-corrected chi connectivity index (χ3v) is 8.73. The summed E-state index contributed by atoms with van der Waals surface area (Å²) in [4.78, 5) is 0. The lowest BCUT2D eigenvalue weighted by atomic mass is 9.50. The maximum atomic E-state index is 6.80. The zero-order chi connectivity index (χ0) is 16.2. The van der Waals surface area contributed by atoms with Gasteiger partial charge in [0.1, 0.15) is 0 Å². The number of hydrogen-bond donors (Lipinski definition) is 0. The van der Waals surface area contributed by atoms with Gasteiger partial charge in [0.05, 0.1) is 6.10 Å². The molecular formula is C19H35BOSi. The van der Waals surface area contributed by atoms with Gasteiger partial charge in [0.2, 0.25) is 0 Å². The average Bonchev–Trinajstić information content (AvgIpc) is 2.66. The molecular weight excluding hydrogens is 283 g/mol. The normalized spacial score (nSPS) is 30.5. The van der Waals surface area contributed by atoms with Crippen LogP contribution in [0.1, 0.15) is 64.7 Å². The summed E-state index contributed by atoms with van der Waals surface area (Å²) in [5.41, 5.74) is 0.833. The van der Waals surface area contributed by atoms with Crippen molar-refractivity contribution in [3.05, 3.63) is 0 Å². The zero-order valence-electron chi connectivity index (χ0n) is 15.2. The fourth-order valence-electron chi connectivity index (χ4n) is 5.11. The lowest BCUT2D eigenvalue weighted by molar-refractivity contribution is 0.186. The van der Waals surface area contributed by atoms with Gasteiger partial charge in [0.15, 0.2) is 0 Å². The molecule has 0 aliphatic carbocycles. The predicted octanol–water partition coefficient (Wildman–Crippen LogP) is 5.79. The van der Waals surface area contributed by atoms with Crippen LogP contribution in [-0.2, 0) is 4.65 Å². The van der Waals surface area contributed by atoms with E-state index in [0.29, 0.717) is 6.92 Å². The van der Waals surface area contributed by atoms with Gasteiger partial charge in [0, 0.05) is 14.5 Å². The molecule has 22 heavy (non-hydrogen) atoms. The van der Waals surface area contributed by atoms with E-state index in [2.05, 4.69) is 32.5 Å². The molecule has 2 fully saturated rings. The molecule has 0 spiro atoms. The van der Waals surface area contributed by atoms with E-state index in [4.69, 9.17) is 11.1 Å². The first-order chi connectivity index (χ1) is 10.5. The van der Waals surface area contributed by atoms with Crippen LogP contribution in [0.5, 0.6) is 0 Å². The van der Waals surface area contributed by atoms with Gasteiger partial charge >= 0.3 is 0 Å². The van der Waals surface area contributed by atoms with Crippen LogP contribution in [0.3, 0.4) is 0 Å². The van der Waals surface area contributed by atoms with Crippen LogP contribution in [-0.4, -0.2) is 21.1 Å². The van der Waals surface area contributed by atoms with Crippen molar-refractivity contribution in [3.63, 3.8) is 0 Å². The second-order valence-corrected chi connectivity index (χ2v) is 14.1. The topological polar surface area (TPSA) is 9.23 Å². The highest BCUT2D eigenvalue weighted by molar-refractivity contribution is 6.88. The smallest absolute Gasteiger partial charge is 0.297 e. The Morgan fingerprint density at radius 1 is 1.18 bits per heavy atom. The molecule has 3 heteroatoms. The van der Waals surface area contributed by atoms with Crippen molar-refractivity contribution in [2.24, 2.45) is 5.92 Å². The van der Waals surface area contributed by atoms with E-state index in [1.807, 2.05) is 0 Å². The van der Waals surface area contributed by atoms with Crippen molar-refractivity contribution in [2.45, 2.75) is 102 Å². The van der Waals surface area contributed by atoms with Gasteiger partial charge in [0.25, 0.3) is 6.92 Å². The van der Waals surface area contributed by atoms with E-state index in [1.54, 1.807) is 0 Å². The summed E-state index contributed by atoms with van der Waals surface area (Å²) < 4.78 is 6.80. The Balaban J connectivity index is 2.24. The number of terminal acetylenes is 1. The van der Waals surface area contributed by atoms with E-state index in [-0.39, 0.29) is 6.10 Å². The first-order valence-corrected chi connectivity index (χ1v) is 13.1. The Labute approximate surface area is 140 Å². The van der Waals surface area contributed by atoms with Crippen LogP contribution in [0.15, 0.2) is 0 Å². The summed E-state index contributed by atoms with van der Waals surface area (Å²) in [7, 11) is -1.23. The SMILES string of the molecule is C#CC[C@H](CCC)OB1C2CCCC(CCC2)C1[Si](C)(C)C. The summed E-state index contributed by atoms with van der Waals surface area (Å²) in [6.45, 7) is 10.4. The molecule has 0 aromatic rings. The fourth-order valence-corrected chi connectivity index (χ4v) is 8.20. The minimum Gasteiger partial charge on any atom is -0.432 e. The van der Waals surface area contributed by atoms with Gasteiger partial charge in [-0.15, -0.1) is 12.3 Å². The Bertz CT molecular complexity index is 374. The highest BCUT2D eigenvalue weighted by Gasteiger charge is 2.49. The molecule has 124 valence electrons. The average molecular weight is 318 g/mol. The summed E-state index contributed by atoms with van der Waals surface area (Å²) >= 11 is 0. The lowest BCUT2D eigenvalue weighted by Gasteiger charge is -2.39. The third kappa shape index (κ3) is 4.42. The molecule has 2 aliphatic rings. The zero-order valence-corrected chi connectivity index (χ0v) is 16.2. The maximum Gasteiger partial charge on any atom is 0.297 e. The molecule has 2 bridgehead atoms.